The zero-order valence-electron chi connectivity index (χ0n) is 19.0. The summed E-state index contributed by atoms with van der Waals surface area (Å²) < 4.78 is 11.8. The van der Waals surface area contributed by atoms with E-state index in [2.05, 4.69) is 61.5 Å². The van der Waals surface area contributed by atoms with Gasteiger partial charge in [0.25, 0.3) is 0 Å². The molecule has 3 aliphatic rings. The zero-order valence-corrected chi connectivity index (χ0v) is 19.0. The number of unbranched alkanes of at least 4 members (excludes halogenated alkanes) is 3. The molecule has 4 heteroatoms. The second-order valence-electron chi connectivity index (χ2n) is 9.31. The van der Waals surface area contributed by atoms with E-state index in [1.807, 2.05) is 4.90 Å². The minimum absolute atomic E-state index is 0.000624. The van der Waals surface area contributed by atoms with Crippen LogP contribution in [0, 0.1) is 0 Å². The first-order valence-electron chi connectivity index (χ1n) is 12.2. The molecule has 4 nitrogen and oxygen atoms in total. The maximum absolute atomic E-state index is 13.2. The third kappa shape index (κ3) is 4.09. The fourth-order valence-electron chi connectivity index (χ4n) is 5.60. The average Bonchev–Trinajstić information content (AvgIpc) is 3.13. The van der Waals surface area contributed by atoms with Gasteiger partial charge in [-0.3, -0.25) is 4.90 Å². The standard InChI is InChI=1S/C28H33NO3/c1-2-3-4-5-10-20-15-21-17-31-18-22(16-20)29(21)28(30)32-19-27-25-13-8-6-11-23(25)24-12-7-9-14-26(24)27/h6-9,11-15,21-22,27H,2-5,10,16-19H2,1H3. The van der Waals surface area contributed by atoms with Gasteiger partial charge in [0.2, 0.25) is 0 Å². The molecule has 1 amide bonds. The van der Waals surface area contributed by atoms with Crippen LogP contribution in [0.2, 0.25) is 0 Å². The Morgan fingerprint density at radius 1 is 1.00 bits per heavy atom. The van der Waals surface area contributed by atoms with E-state index in [9.17, 15) is 4.79 Å². The summed E-state index contributed by atoms with van der Waals surface area (Å²) in [5.74, 6) is 0.0944. The van der Waals surface area contributed by atoms with Crippen LogP contribution in [0.3, 0.4) is 0 Å². The summed E-state index contributed by atoms with van der Waals surface area (Å²) in [5.41, 5.74) is 6.49. The molecule has 2 aromatic rings. The Morgan fingerprint density at radius 3 is 2.41 bits per heavy atom. The van der Waals surface area contributed by atoms with Crippen LogP contribution in [0.5, 0.6) is 0 Å². The number of morpholine rings is 1. The SMILES string of the molecule is CCCCCCC1=CC2COCC(C1)N2C(=O)OCC1c2ccccc2-c2ccccc21. The molecule has 2 aromatic carbocycles. The Labute approximate surface area is 191 Å². The van der Waals surface area contributed by atoms with E-state index in [-0.39, 0.29) is 24.1 Å². The van der Waals surface area contributed by atoms with E-state index < -0.39 is 0 Å². The van der Waals surface area contributed by atoms with Crippen molar-refractivity contribution in [3.8, 4) is 11.1 Å². The third-order valence-corrected chi connectivity index (χ3v) is 7.17. The first kappa shape index (κ1) is 21.3. The maximum atomic E-state index is 13.2. The summed E-state index contributed by atoms with van der Waals surface area (Å²) in [4.78, 5) is 15.2. The molecule has 0 radical (unpaired) electrons. The van der Waals surface area contributed by atoms with Gasteiger partial charge in [0, 0.05) is 5.92 Å². The molecule has 0 saturated carbocycles. The number of hydrogen-bond acceptors (Lipinski definition) is 3. The van der Waals surface area contributed by atoms with E-state index in [1.165, 1.54) is 53.5 Å². The molecule has 0 N–H and O–H groups in total. The van der Waals surface area contributed by atoms with Crippen molar-refractivity contribution in [1.82, 2.24) is 4.90 Å². The Kier molecular flexibility index (Phi) is 6.31. The lowest BCUT2D eigenvalue weighted by Crippen LogP contribution is -2.56. The van der Waals surface area contributed by atoms with Gasteiger partial charge < -0.3 is 9.47 Å². The number of carbonyl (C=O) groups excluding carboxylic acids is 1. The molecular formula is C28H33NO3. The Morgan fingerprint density at radius 2 is 1.72 bits per heavy atom. The number of rotatable bonds is 7. The van der Waals surface area contributed by atoms with Gasteiger partial charge in [0.05, 0.1) is 25.3 Å². The molecule has 2 atom stereocenters. The summed E-state index contributed by atoms with van der Waals surface area (Å²) in [5, 5.41) is 0. The number of benzene rings is 2. The van der Waals surface area contributed by atoms with Gasteiger partial charge in [-0.1, -0.05) is 86.4 Å². The maximum Gasteiger partial charge on any atom is 0.410 e. The molecule has 1 saturated heterocycles. The van der Waals surface area contributed by atoms with Crippen molar-refractivity contribution in [2.75, 3.05) is 19.8 Å². The molecule has 2 bridgehead atoms. The van der Waals surface area contributed by atoms with Gasteiger partial charge in [-0.05, 0) is 41.5 Å². The number of hydrogen-bond donors (Lipinski definition) is 0. The van der Waals surface area contributed by atoms with Crippen LogP contribution in [-0.4, -0.2) is 42.9 Å². The van der Waals surface area contributed by atoms with Crippen LogP contribution in [0.15, 0.2) is 60.2 Å². The molecule has 5 rings (SSSR count). The predicted octanol–water partition coefficient (Wildman–Crippen LogP) is 6.31. The highest BCUT2D eigenvalue weighted by molar-refractivity contribution is 5.79. The third-order valence-electron chi connectivity index (χ3n) is 7.17. The summed E-state index contributed by atoms with van der Waals surface area (Å²) in [7, 11) is 0. The molecule has 2 heterocycles. The van der Waals surface area contributed by atoms with E-state index in [0.717, 1.165) is 12.8 Å². The zero-order chi connectivity index (χ0) is 21.9. The molecule has 0 aromatic heterocycles. The lowest BCUT2D eigenvalue weighted by molar-refractivity contribution is -0.0365. The summed E-state index contributed by atoms with van der Waals surface area (Å²) in [6.45, 7) is 3.79. The van der Waals surface area contributed by atoms with E-state index in [1.54, 1.807) is 0 Å². The van der Waals surface area contributed by atoms with Gasteiger partial charge >= 0.3 is 6.09 Å². The monoisotopic (exact) mass is 431 g/mol. The average molecular weight is 432 g/mol. The molecule has 1 fully saturated rings. The van der Waals surface area contributed by atoms with Crippen LogP contribution in [-0.2, 0) is 9.47 Å². The van der Waals surface area contributed by atoms with Crippen molar-refractivity contribution in [3.05, 3.63) is 71.3 Å². The van der Waals surface area contributed by atoms with Gasteiger partial charge in [-0.15, -0.1) is 0 Å². The van der Waals surface area contributed by atoms with E-state index >= 15 is 0 Å². The topological polar surface area (TPSA) is 38.8 Å². The van der Waals surface area contributed by atoms with Crippen molar-refractivity contribution in [3.63, 3.8) is 0 Å². The Bertz CT molecular complexity index is 952. The highest BCUT2D eigenvalue weighted by atomic mass is 16.6. The lowest BCUT2D eigenvalue weighted by Gasteiger charge is -2.44. The van der Waals surface area contributed by atoms with Gasteiger partial charge in [-0.25, -0.2) is 4.79 Å². The van der Waals surface area contributed by atoms with Gasteiger partial charge in [0.15, 0.2) is 0 Å². The molecule has 2 aliphatic heterocycles. The number of fused-ring (bicyclic) bond motifs is 5. The number of carbonyl (C=O) groups is 1. The van der Waals surface area contributed by atoms with E-state index in [4.69, 9.17) is 9.47 Å². The Hall–Kier alpha value is -2.59. The Balaban J connectivity index is 1.26. The smallest absolute Gasteiger partial charge is 0.410 e. The minimum Gasteiger partial charge on any atom is -0.448 e. The van der Waals surface area contributed by atoms with Crippen molar-refractivity contribution in [1.29, 1.82) is 0 Å². The molecule has 2 unspecified atom stereocenters. The van der Waals surface area contributed by atoms with Crippen LogP contribution in [0.25, 0.3) is 11.1 Å². The first-order chi connectivity index (χ1) is 15.8. The van der Waals surface area contributed by atoms with Crippen LogP contribution >= 0.6 is 0 Å². The van der Waals surface area contributed by atoms with Crippen LogP contribution in [0.4, 0.5) is 4.79 Å². The van der Waals surface area contributed by atoms with E-state index in [0.29, 0.717) is 19.8 Å². The van der Waals surface area contributed by atoms with Gasteiger partial charge in [0.1, 0.15) is 6.61 Å². The normalized spacial score (nSPS) is 21.7. The highest BCUT2D eigenvalue weighted by Crippen LogP contribution is 2.44. The van der Waals surface area contributed by atoms with Crippen molar-refractivity contribution >= 4 is 6.09 Å². The highest BCUT2D eigenvalue weighted by Gasteiger charge is 2.39. The van der Waals surface area contributed by atoms with Crippen molar-refractivity contribution in [2.45, 2.75) is 63.5 Å². The lowest BCUT2D eigenvalue weighted by atomic mass is 9.91. The quantitative estimate of drug-likeness (QED) is 0.381. The number of ether oxygens (including phenoxy) is 2. The second-order valence-corrected chi connectivity index (χ2v) is 9.31. The van der Waals surface area contributed by atoms with Gasteiger partial charge in [-0.2, -0.15) is 0 Å². The number of nitrogens with zero attached hydrogens (tertiary/aromatic N) is 1. The fraction of sp³-hybridized carbons (Fsp3) is 0.464. The van der Waals surface area contributed by atoms with Crippen LogP contribution in [0.1, 0.15) is 62.5 Å². The van der Waals surface area contributed by atoms with Crippen molar-refractivity contribution in [2.24, 2.45) is 0 Å². The molecule has 1 aliphatic carbocycles. The fourth-order valence-corrected chi connectivity index (χ4v) is 5.60. The predicted molar refractivity (Wildman–Crippen MR) is 127 cm³/mol. The summed E-state index contributed by atoms with van der Waals surface area (Å²) >= 11 is 0. The second kappa shape index (κ2) is 9.50. The first-order valence-corrected chi connectivity index (χ1v) is 12.2. The van der Waals surface area contributed by atoms with Crippen LogP contribution < -0.4 is 0 Å². The summed E-state index contributed by atoms with van der Waals surface area (Å²) in [6, 6.07) is 17.0. The molecule has 0 spiro atoms. The van der Waals surface area contributed by atoms with Crippen molar-refractivity contribution < 1.29 is 14.3 Å². The number of amides is 1. The molecule has 168 valence electrons. The summed E-state index contributed by atoms with van der Waals surface area (Å²) in [6.07, 6.45) is 9.21. The largest absolute Gasteiger partial charge is 0.448 e. The molecule has 32 heavy (non-hydrogen) atoms. The minimum atomic E-state index is -0.202. The molecular weight excluding hydrogens is 398 g/mol.